The van der Waals surface area contributed by atoms with Crippen molar-refractivity contribution in [3.63, 3.8) is 0 Å². The van der Waals surface area contributed by atoms with Crippen LogP contribution in [-0.2, 0) is 13.6 Å². The van der Waals surface area contributed by atoms with Gasteiger partial charge in [-0.3, -0.25) is 4.68 Å². The molecule has 4 nitrogen and oxygen atoms in total. The van der Waals surface area contributed by atoms with Crippen molar-refractivity contribution in [3.8, 4) is 0 Å². The van der Waals surface area contributed by atoms with Gasteiger partial charge in [-0.05, 0) is 24.7 Å². The lowest BCUT2D eigenvalue weighted by Crippen LogP contribution is -2.26. The molecule has 1 saturated carbocycles. The van der Waals surface area contributed by atoms with Crippen LogP contribution in [0.2, 0.25) is 0 Å². The molecule has 0 amide bonds. The molecule has 0 radical (unpaired) electrons. The average Bonchev–Trinajstić information content (AvgIpc) is 2.69. The number of hydrogen-bond acceptors (Lipinski definition) is 3. The van der Waals surface area contributed by atoms with E-state index < -0.39 is 0 Å². The molecule has 0 saturated heterocycles. The molecule has 0 bridgehead atoms. The van der Waals surface area contributed by atoms with Gasteiger partial charge in [-0.25, -0.2) is 0 Å². The summed E-state index contributed by atoms with van der Waals surface area (Å²) in [7, 11) is 1.90. The van der Waals surface area contributed by atoms with Crippen molar-refractivity contribution in [2.75, 3.05) is 0 Å². The Morgan fingerprint density at radius 3 is 2.93 bits per heavy atom. The van der Waals surface area contributed by atoms with Crippen molar-refractivity contribution >= 4 is 0 Å². The number of hydrogen-bond donors (Lipinski definition) is 1. The van der Waals surface area contributed by atoms with Crippen molar-refractivity contribution in [1.29, 1.82) is 0 Å². The van der Waals surface area contributed by atoms with E-state index in [9.17, 15) is 0 Å². The monoisotopic (exact) mass is 208 g/mol. The zero-order valence-corrected chi connectivity index (χ0v) is 9.82. The first-order chi connectivity index (χ1) is 7.05. The molecule has 15 heavy (non-hydrogen) atoms. The lowest BCUT2D eigenvalue weighted by Gasteiger charge is -2.17. The van der Waals surface area contributed by atoms with Crippen molar-refractivity contribution in [3.05, 3.63) is 11.9 Å². The largest absolute Gasteiger partial charge is 0.308 e. The van der Waals surface area contributed by atoms with E-state index in [0.717, 1.165) is 12.2 Å². The molecule has 84 valence electrons. The first kappa shape index (κ1) is 10.6. The number of aromatic nitrogens is 3. The van der Waals surface area contributed by atoms with Gasteiger partial charge in [0.2, 0.25) is 0 Å². The fraction of sp³-hybridized carbons (Fsp3) is 0.818. The van der Waals surface area contributed by atoms with Gasteiger partial charge in [0.25, 0.3) is 0 Å². The standard InChI is InChI=1S/C11H20N4/c1-11(2)5-4-9(6-11)12-7-10-8-15(3)14-13-10/h8-9,12H,4-7H2,1-3H3. The van der Waals surface area contributed by atoms with Gasteiger partial charge in [-0.2, -0.15) is 0 Å². The zero-order chi connectivity index (χ0) is 10.9. The Hall–Kier alpha value is -0.900. The zero-order valence-electron chi connectivity index (χ0n) is 9.82. The molecule has 1 aliphatic rings. The third-order valence-electron chi connectivity index (χ3n) is 3.19. The molecule has 0 spiro atoms. The van der Waals surface area contributed by atoms with Crippen LogP contribution in [0.25, 0.3) is 0 Å². The molecule has 1 aromatic heterocycles. The fourth-order valence-electron chi connectivity index (χ4n) is 2.34. The highest BCUT2D eigenvalue weighted by molar-refractivity contribution is 4.93. The molecule has 4 heteroatoms. The third kappa shape index (κ3) is 2.78. The van der Waals surface area contributed by atoms with E-state index in [0.29, 0.717) is 11.5 Å². The van der Waals surface area contributed by atoms with Crippen LogP contribution in [0.3, 0.4) is 0 Å². The Bertz CT molecular complexity index is 329. The molecule has 1 heterocycles. The van der Waals surface area contributed by atoms with Gasteiger partial charge in [-0.15, -0.1) is 5.10 Å². The maximum Gasteiger partial charge on any atom is 0.0964 e. The summed E-state index contributed by atoms with van der Waals surface area (Å²) in [5.74, 6) is 0. The van der Waals surface area contributed by atoms with Gasteiger partial charge in [0, 0.05) is 25.8 Å². The van der Waals surface area contributed by atoms with Crippen LogP contribution >= 0.6 is 0 Å². The van der Waals surface area contributed by atoms with Crippen LogP contribution in [0.5, 0.6) is 0 Å². The van der Waals surface area contributed by atoms with Crippen LogP contribution in [-0.4, -0.2) is 21.0 Å². The van der Waals surface area contributed by atoms with Crippen molar-refractivity contribution in [1.82, 2.24) is 20.3 Å². The van der Waals surface area contributed by atoms with Crippen LogP contribution in [0.4, 0.5) is 0 Å². The molecule has 1 atom stereocenters. The van der Waals surface area contributed by atoms with Gasteiger partial charge in [-0.1, -0.05) is 19.1 Å². The second-order valence-corrected chi connectivity index (χ2v) is 5.37. The summed E-state index contributed by atoms with van der Waals surface area (Å²) in [4.78, 5) is 0. The summed E-state index contributed by atoms with van der Waals surface area (Å²) in [6.07, 6.45) is 5.85. The third-order valence-corrected chi connectivity index (χ3v) is 3.19. The first-order valence-electron chi connectivity index (χ1n) is 5.64. The Kier molecular flexibility index (Phi) is 2.78. The molecular weight excluding hydrogens is 188 g/mol. The van der Waals surface area contributed by atoms with E-state index in [4.69, 9.17) is 0 Å². The minimum absolute atomic E-state index is 0.514. The van der Waals surface area contributed by atoms with Crippen LogP contribution in [0.15, 0.2) is 6.20 Å². The summed E-state index contributed by atoms with van der Waals surface area (Å²) >= 11 is 0. The van der Waals surface area contributed by atoms with E-state index in [-0.39, 0.29) is 0 Å². The van der Waals surface area contributed by atoms with Crippen LogP contribution in [0.1, 0.15) is 38.8 Å². The van der Waals surface area contributed by atoms with Gasteiger partial charge in [0.1, 0.15) is 0 Å². The first-order valence-corrected chi connectivity index (χ1v) is 5.64. The second-order valence-electron chi connectivity index (χ2n) is 5.37. The summed E-state index contributed by atoms with van der Waals surface area (Å²) in [6, 6.07) is 0.655. The van der Waals surface area contributed by atoms with E-state index in [1.54, 1.807) is 4.68 Å². The molecule has 1 N–H and O–H groups in total. The number of nitrogens with one attached hydrogen (secondary N) is 1. The molecule has 0 aliphatic heterocycles. The predicted molar refractivity (Wildman–Crippen MR) is 59.3 cm³/mol. The lowest BCUT2D eigenvalue weighted by atomic mass is 9.92. The summed E-state index contributed by atoms with van der Waals surface area (Å²) in [5, 5.41) is 11.5. The highest BCUT2D eigenvalue weighted by Crippen LogP contribution is 2.36. The molecule has 1 unspecified atom stereocenters. The maximum absolute atomic E-state index is 4.06. The van der Waals surface area contributed by atoms with Gasteiger partial charge < -0.3 is 5.32 Å². The Morgan fingerprint density at radius 1 is 1.60 bits per heavy atom. The average molecular weight is 208 g/mol. The number of rotatable bonds is 3. The van der Waals surface area contributed by atoms with E-state index >= 15 is 0 Å². The van der Waals surface area contributed by atoms with Gasteiger partial charge >= 0.3 is 0 Å². The lowest BCUT2D eigenvalue weighted by molar-refractivity contribution is 0.364. The molecule has 1 fully saturated rings. The molecule has 2 rings (SSSR count). The highest BCUT2D eigenvalue weighted by atomic mass is 15.4. The molecular formula is C11H20N4. The van der Waals surface area contributed by atoms with Gasteiger partial charge in [0.05, 0.1) is 5.69 Å². The van der Waals surface area contributed by atoms with Crippen molar-refractivity contribution in [2.45, 2.75) is 45.7 Å². The van der Waals surface area contributed by atoms with Crippen molar-refractivity contribution < 1.29 is 0 Å². The molecule has 1 aromatic rings. The van der Waals surface area contributed by atoms with Crippen LogP contribution < -0.4 is 5.32 Å². The SMILES string of the molecule is Cn1cc(CNC2CCC(C)(C)C2)nn1. The van der Waals surface area contributed by atoms with Gasteiger partial charge in [0.15, 0.2) is 0 Å². The Labute approximate surface area is 91.1 Å². The van der Waals surface area contributed by atoms with E-state index in [1.165, 1.54) is 19.3 Å². The summed E-state index contributed by atoms with van der Waals surface area (Å²) < 4.78 is 1.75. The molecule has 1 aliphatic carbocycles. The number of aryl methyl sites for hydroxylation is 1. The number of nitrogens with zero attached hydrogens (tertiary/aromatic N) is 3. The second kappa shape index (κ2) is 3.93. The topological polar surface area (TPSA) is 42.7 Å². The van der Waals surface area contributed by atoms with Crippen molar-refractivity contribution in [2.24, 2.45) is 12.5 Å². The van der Waals surface area contributed by atoms with E-state index in [1.807, 2.05) is 13.2 Å². The maximum atomic E-state index is 4.06. The van der Waals surface area contributed by atoms with Crippen LogP contribution in [0, 0.1) is 5.41 Å². The minimum Gasteiger partial charge on any atom is -0.308 e. The molecule has 0 aromatic carbocycles. The predicted octanol–water partition coefficient (Wildman–Crippen LogP) is 1.48. The fourth-order valence-corrected chi connectivity index (χ4v) is 2.34. The Morgan fingerprint density at radius 2 is 2.40 bits per heavy atom. The summed E-state index contributed by atoms with van der Waals surface area (Å²) in [5.41, 5.74) is 1.54. The quantitative estimate of drug-likeness (QED) is 0.818. The normalized spacial score (nSPS) is 24.6. The van der Waals surface area contributed by atoms with E-state index in [2.05, 4.69) is 29.5 Å². The Balaban J connectivity index is 1.80. The smallest absolute Gasteiger partial charge is 0.0964 e. The minimum atomic E-state index is 0.514. The summed E-state index contributed by atoms with van der Waals surface area (Å²) in [6.45, 7) is 5.53. The highest BCUT2D eigenvalue weighted by Gasteiger charge is 2.30.